The number of benzene rings is 1. The molecule has 0 amide bonds. The Labute approximate surface area is 265 Å². The van der Waals surface area contributed by atoms with Crippen molar-refractivity contribution in [3.05, 3.63) is 35.9 Å². The Hall–Kier alpha value is 0.513. The van der Waals surface area contributed by atoms with Crippen molar-refractivity contribution in [3.63, 3.8) is 0 Å². The Balaban J connectivity index is 0.000000191. The van der Waals surface area contributed by atoms with Gasteiger partial charge in [-0.25, -0.2) is 0 Å². The quantitative estimate of drug-likeness (QED) is 0.214. The van der Waals surface area contributed by atoms with Gasteiger partial charge in [-0.3, -0.25) is 0 Å². The molecular formula is C35H60Cl2N2PRu+. The molecule has 0 unspecified atom stereocenters. The van der Waals surface area contributed by atoms with Crippen molar-refractivity contribution in [1.82, 2.24) is 9.80 Å². The topological polar surface area (TPSA) is 6.48 Å². The van der Waals surface area contributed by atoms with Gasteiger partial charge in [-0.05, 0) is 77.0 Å². The summed E-state index contributed by atoms with van der Waals surface area (Å²) >= 11 is -3.08. The summed E-state index contributed by atoms with van der Waals surface area (Å²) in [5.41, 5.74) is 4.80. The van der Waals surface area contributed by atoms with Gasteiger partial charge in [-0.2, -0.15) is 0 Å². The predicted octanol–water partition coefficient (Wildman–Crippen LogP) is 10.4. The second-order valence-corrected chi connectivity index (χ2v) is 26.3. The van der Waals surface area contributed by atoms with Crippen molar-refractivity contribution in [3.8, 4) is 0 Å². The normalized spacial score (nSPS) is 23.6. The zero-order valence-corrected chi connectivity index (χ0v) is 30.8. The minimum atomic E-state index is -3.08. The SMILES string of the molecule is C1CCC([PH+](C2CCCCC2)C2CCCCC2)CC1.CC(C)N1CCCN(C(C)C)[C]1=[Ru]([Cl])([Cl])=[CH]c1ccccc1. The van der Waals surface area contributed by atoms with E-state index in [9.17, 15) is 0 Å². The molecule has 3 saturated carbocycles. The summed E-state index contributed by atoms with van der Waals surface area (Å²) in [4.78, 5) is 4.82. The molecule has 0 atom stereocenters. The zero-order valence-electron chi connectivity index (χ0n) is 26.6. The Bertz CT molecular complexity index is 949. The first-order valence-corrected chi connectivity index (χ1v) is 25.1. The fourth-order valence-electron chi connectivity index (χ4n) is 7.98. The molecule has 1 heterocycles. The van der Waals surface area contributed by atoms with Crippen LogP contribution in [0.1, 0.15) is 136 Å². The van der Waals surface area contributed by atoms with E-state index < -0.39 is 11.9 Å². The van der Waals surface area contributed by atoms with Gasteiger partial charge in [0.05, 0.1) is 17.0 Å². The number of hydrogen-bond acceptors (Lipinski definition) is 2. The van der Waals surface area contributed by atoms with E-state index in [1.54, 1.807) is 96.3 Å². The molecule has 0 aromatic heterocycles. The molecule has 1 aliphatic heterocycles. The van der Waals surface area contributed by atoms with Crippen LogP contribution in [0.3, 0.4) is 0 Å². The molecule has 0 spiro atoms. The van der Waals surface area contributed by atoms with Crippen LogP contribution in [0, 0.1) is 0 Å². The van der Waals surface area contributed by atoms with Gasteiger partial charge in [0.15, 0.2) is 0 Å². The van der Waals surface area contributed by atoms with Gasteiger partial charge in [0.1, 0.15) is 0 Å². The van der Waals surface area contributed by atoms with E-state index in [1.807, 2.05) is 18.2 Å². The third-order valence-corrected chi connectivity index (χ3v) is 20.1. The third-order valence-electron chi connectivity index (χ3n) is 9.99. The molecule has 0 bridgehead atoms. The molecule has 5 rings (SSSR count). The summed E-state index contributed by atoms with van der Waals surface area (Å²) in [5.74, 6) is 0. The average molecular weight is 712 g/mol. The van der Waals surface area contributed by atoms with Crippen LogP contribution in [0.25, 0.3) is 0 Å². The summed E-state index contributed by atoms with van der Waals surface area (Å²) in [7, 11) is 13.9. The van der Waals surface area contributed by atoms with Crippen molar-refractivity contribution in [2.24, 2.45) is 0 Å². The van der Waals surface area contributed by atoms with Crippen molar-refractivity contribution in [2.75, 3.05) is 13.1 Å². The van der Waals surface area contributed by atoms with Crippen molar-refractivity contribution in [1.29, 1.82) is 0 Å². The van der Waals surface area contributed by atoms with Crippen molar-refractivity contribution < 1.29 is 11.9 Å². The van der Waals surface area contributed by atoms with E-state index in [-0.39, 0.29) is 7.92 Å². The van der Waals surface area contributed by atoms with Crippen LogP contribution >= 0.6 is 27.3 Å². The molecule has 2 nitrogen and oxygen atoms in total. The van der Waals surface area contributed by atoms with Crippen LogP contribution in [0.4, 0.5) is 0 Å². The Morgan fingerprint density at radius 3 is 1.39 bits per heavy atom. The molecule has 41 heavy (non-hydrogen) atoms. The molecule has 1 aromatic rings. The van der Waals surface area contributed by atoms with Crippen LogP contribution < -0.4 is 0 Å². The molecule has 236 valence electrons. The average Bonchev–Trinajstić information content (AvgIpc) is 2.99. The van der Waals surface area contributed by atoms with Crippen molar-refractivity contribution in [2.45, 2.75) is 159 Å². The zero-order chi connectivity index (χ0) is 29.2. The fourth-order valence-corrected chi connectivity index (χ4v) is 20.0. The van der Waals surface area contributed by atoms with E-state index in [0.29, 0.717) is 12.1 Å². The van der Waals surface area contributed by atoms with Crippen LogP contribution in [-0.2, 0) is 11.9 Å². The maximum atomic E-state index is 6.99. The summed E-state index contributed by atoms with van der Waals surface area (Å²) in [6, 6.07) is 11.0. The fraction of sp³-hybridized carbons (Fsp3) is 0.771. The molecule has 0 radical (unpaired) electrons. The first-order valence-electron chi connectivity index (χ1n) is 17.1. The van der Waals surface area contributed by atoms with Gasteiger partial charge in [-0.15, -0.1) is 0 Å². The Morgan fingerprint density at radius 1 is 0.634 bits per heavy atom. The van der Waals surface area contributed by atoms with Gasteiger partial charge in [0.25, 0.3) is 0 Å². The van der Waals surface area contributed by atoms with E-state index in [4.69, 9.17) is 19.4 Å². The minimum absolute atomic E-state index is 0.0465. The predicted molar refractivity (Wildman–Crippen MR) is 186 cm³/mol. The van der Waals surface area contributed by atoms with E-state index in [2.05, 4.69) is 54.2 Å². The van der Waals surface area contributed by atoms with Gasteiger partial charge >= 0.3 is 145 Å². The molecule has 3 aliphatic carbocycles. The second kappa shape index (κ2) is 17.3. The Kier molecular flexibility index (Phi) is 14.5. The maximum absolute atomic E-state index is 6.99. The summed E-state index contributed by atoms with van der Waals surface area (Å²) < 4.78 is 3.30. The number of rotatable bonds is 6. The molecular weight excluding hydrogens is 651 g/mol. The van der Waals surface area contributed by atoms with E-state index in [1.165, 1.54) is 21.3 Å². The van der Waals surface area contributed by atoms with Gasteiger partial charge in [0, 0.05) is 7.92 Å². The monoisotopic (exact) mass is 711 g/mol. The van der Waals surface area contributed by atoms with Gasteiger partial charge in [0.2, 0.25) is 0 Å². The molecule has 1 saturated heterocycles. The summed E-state index contributed by atoms with van der Waals surface area (Å²) in [6.45, 7) is 11.0. The van der Waals surface area contributed by atoms with E-state index in [0.717, 1.165) is 25.1 Å². The molecule has 4 fully saturated rings. The number of hydrogen-bond donors (Lipinski definition) is 0. The summed E-state index contributed by atoms with van der Waals surface area (Å²) in [6.07, 6.45) is 25.0. The van der Waals surface area contributed by atoms with Crippen LogP contribution in [0.2, 0.25) is 0 Å². The molecule has 0 N–H and O–H groups in total. The second-order valence-electron chi connectivity index (χ2n) is 13.6. The standard InChI is InChI=1S/C18H33P.C10H20N2.C7H6.2ClH.Ru/c1-4-10-16(11-5-1)19(17-12-6-2-7-13-17)18-14-8-3-9-15-18;1-9(2)11-6-5-7-12(8-11)10(3)4;1-7-5-3-2-4-6-7;;;/h16-18H,1-15H2;9-10H,5-7H2,1-4H3;1-6H;2*1H;/q;;;;;+2/p-1. The van der Waals surface area contributed by atoms with Gasteiger partial charge < -0.3 is 0 Å². The third kappa shape index (κ3) is 10.0. The van der Waals surface area contributed by atoms with E-state index >= 15 is 0 Å². The molecule has 4 aliphatic rings. The van der Waals surface area contributed by atoms with Crippen LogP contribution in [0.15, 0.2) is 30.3 Å². The molecule has 1 aromatic carbocycles. The first kappa shape index (κ1) is 34.4. The van der Waals surface area contributed by atoms with Crippen molar-refractivity contribution >= 4 is 36.3 Å². The first-order chi connectivity index (χ1) is 19.8. The molecule has 6 heteroatoms. The van der Waals surface area contributed by atoms with Crippen LogP contribution in [0.5, 0.6) is 0 Å². The van der Waals surface area contributed by atoms with Crippen LogP contribution in [-0.4, -0.2) is 60.9 Å². The Morgan fingerprint density at radius 2 is 1.02 bits per heavy atom. The number of halogens is 2. The summed E-state index contributed by atoms with van der Waals surface area (Å²) in [5, 5.41) is 0. The van der Waals surface area contributed by atoms with Gasteiger partial charge in [-0.1, -0.05) is 19.3 Å². The number of nitrogens with zero attached hydrogens (tertiary/aromatic N) is 2.